The number of nitrogens with zero attached hydrogens (tertiary/aromatic N) is 1. The normalized spacial score (nSPS) is 10.7. The van der Waals surface area contributed by atoms with Gasteiger partial charge in [0.05, 0.1) is 12.1 Å². The van der Waals surface area contributed by atoms with Gasteiger partial charge in [0.2, 0.25) is 0 Å². The Morgan fingerprint density at radius 1 is 1.83 bits per heavy atom. The predicted octanol–water partition coefficient (Wildman–Crippen LogP) is 1.21. The zero-order chi connectivity index (χ0) is 8.97. The molecule has 1 rings (SSSR count). The van der Waals surface area contributed by atoms with Crippen molar-refractivity contribution in [3.8, 4) is 0 Å². The van der Waals surface area contributed by atoms with E-state index in [4.69, 9.17) is 10.8 Å². The van der Waals surface area contributed by atoms with Gasteiger partial charge in [-0.15, -0.1) is 11.3 Å². The van der Waals surface area contributed by atoms with E-state index in [1.807, 2.05) is 0 Å². The van der Waals surface area contributed by atoms with Crippen molar-refractivity contribution in [1.82, 2.24) is 4.98 Å². The molecule has 4 nitrogen and oxygen atoms in total. The first-order valence-corrected chi connectivity index (χ1v) is 4.16. The maximum absolute atomic E-state index is 10.1. The summed E-state index contributed by atoms with van der Waals surface area (Å²) in [5, 5.41) is 10.6. The molecule has 0 fully saturated rings. The van der Waals surface area contributed by atoms with Crippen LogP contribution in [0.1, 0.15) is 12.1 Å². The molecule has 1 heterocycles. The van der Waals surface area contributed by atoms with Crippen LogP contribution < -0.4 is 5.73 Å². The molecule has 1 aromatic rings. The largest absolute Gasteiger partial charge is 0.481 e. The van der Waals surface area contributed by atoms with Crippen LogP contribution in [0.15, 0.2) is 11.5 Å². The fraction of sp³-hybridized carbons (Fsp3) is 0.143. The van der Waals surface area contributed by atoms with Crippen molar-refractivity contribution in [2.45, 2.75) is 6.42 Å². The topological polar surface area (TPSA) is 76.2 Å². The minimum Gasteiger partial charge on any atom is -0.481 e. The van der Waals surface area contributed by atoms with Gasteiger partial charge in [0.25, 0.3) is 0 Å². The number of hydrogen-bond donors (Lipinski definition) is 2. The fourth-order valence-corrected chi connectivity index (χ4v) is 1.19. The molecule has 3 N–H and O–H groups in total. The number of aromatic nitrogens is 1. The molecule has 1 aromatic heterocycles. The van der Waals surface area contributed by atoms with Crippen LogP contribution in [0, 0.1) is 0 Å². The van der Waals surface area contributed by atoms with Gasteiger partial charge in [0, 0.05) is 5.38 Å². The highest BCUT2D eigenvalue weighted by Gasteiger charge is 1.94. The monoisotopic (exact) mass is 184 g/mol. The number of carbonyl (C=O) groups is 1. The molecule has 0 aliphatic carbocycles. The Bertz CT molecular complexity index is 306. The van der Waals surface area contributed by atoms with Crippen molar-refractivity contribution in [3.63, 3.8) is 0 Å². The van der Waals surface area contributed by atoms with Crippen LogP contribution >= 0.6 is 11.3 Å². The molecule has 0 radical (unpaired) electrons. The van der Waals surface area contributed by atoms with Gasteiger partial charge in [-0.3, -0.25) is 4.79 Å². The summed E-state index contributed by atoms with van der Waals surface area (Å²) in [4.78, 5) is 14.0. The van der Waals surface area contributed by atoms with Crippen molar-refractivity contribution < 1.29 is 9.90 Å². The number of nitrogens with two attached hydrogens (primary N) is 1. The summed E-state index contributed by atoms with van der Waals surface area (Å²) in [6, 6.07) is 0. The van der Waals surface area contributed by atoms with E-state index in [0.717, 1.165) is 0 Å². The van der Waals surface area contributed by atoms with Gasteiger partial charge in [0.1, 0.15) is 0 Å². The third kappa shape index (κ3) is 2.71. The number of anilines is 1. The van der Waals surface area contributed by atoms with E-state index < -0.39 is 5.97 Å². The van der Waals surface area contributed by atoms with Crippen molar-refractivity contribution in [2.24, 2.45) is 0 Å². The van der Waals surface area contributed by atoms with E-state index in [1.165, 1.54) is 17.4 Å². The van der Waals surface area contributed by atoms with Gasteiger partial charge in [-0.05, 0) is 6.08 Å². The maximum atomic E-state index is 10.1. The Morgan fingerprint density at radius 2 is 2.58 bits per heavy atom. The summed E-state index contributed by atoms with van der Waals surface area (Å²) in [6.45, 7) is 0. The average Bonchev–Trinajstić information content (AvgIpc) is 2.35. The Kier molecular flexibility index (Phi) is 2.82. The lowest BCUT2D eigenvalue weighted by Gasteiger charge is -1.82. The van der Waals surface area contributed by atoms with Crippen molar-refractivity contribution in [1.29, 1.82) is 0 Å². The van der Waals surface area contributed by atoms with E-state index in [9.17, 15) is 4.79 Å². The van der Waals surface area contributed by atoms with Crippen LogP contribution in [-0.2, 0) is 4.79 Å². The number of rotatable bonds is 3. The van der Waals surface area contributed by atoms with Gasteiger partial charge >= 0.3 is 5.97 Å². The minimum atomic E-state index is -0.852. The van der Waals surface area contributed by atoms with E-state index in [0.29, 0.717) is 10.8 Å². The molecular formula is C7H8N2O2S. The summed E-state index contributed by atoms with van der Waals surface area (Å²) < 4.78 is 0. The van der Waals surface area contributed by atoms with Crippen LogP contribution in [0.5, 0.6) is 0 Å². The second-order valence-electron chi connectivity index (χ2n) is 2.11. The molecule has 0 unspecified atom stereocenters. The molecular weight excluding hydrogens is 176 g/mol. The highest BCUT2D eigenvalue weighted by Crippen LogP contribution is 2.12. The molecule has 0 bridgehead atoms. The van der Waals surface area contributed by atoms with Gasteiger partial charge in [-0.1, -0.05) is 6.08 Å². The number of carboxylic acids is 1. The third-order valence-corrected chi connectivity index (χ3v) is 1.81. The molecule has 0 atom stereocenters. The van der Waals surface area contributed by atoms with Crippen LogP contribution in [0.4, 0.5) is 5.13 Å². The van der Waals surface area contributed by atoms with E-state index >= 15 is 0 Å². The zero-order valence-electron chi connectivity index (χ0n) is 6.23. The van der Waals surface area contributed by atoms with Crippen LogP contribution in [0.25, 0.3) is 6.08 Å². The molecule has 0 saturated carbocycles. The number of aliphatic carboxylic acids is 1. The smallest absolute Gasteiger partial charge is 0.307 e. The lowest BCUT2D eigenvalue weighted by Crippen LogP contribution is -1.89. The summed E-state index contributed by atoms with van der Waals surface area (Å²) >= 11 is 1.33. The van der Waals surface area contributed by atoms with E-state index in [1.54, 1.807) is 11.5 Å². The summed E-state index contributed by atoms with van der Waals surface area (Å²) in [5.41, 5.74) is 6.07. The average molecular weight is 184 g/mol. The van der Waals surface area contributed by atoms with Gasteiger partial charge in [-0.2, -0.15) is 0 Å². The third-order valence-electron chi connectivity index (χ3n) is 1.12. The summed E-state index contributed by atoms with van der Waals surface area (Å²) in [5.74, 6) is -0.852. The fourth-order valence-electron chi connectivity index (χ4n) is 0.658. The molecule has 0 amide bonds. The first kappa shape index (κ1) is 8.73. The molecule has 12 heavy (non-hydrogen) atoms. The van der Waals surface area contributed by atoms with Crippen molar-refractivity contribution >= 4 is 28.5 Å². The highest BCUT2D eigenvalue weighted by atomic mass is 32.1. The maximum Gasteiger partial charge on any atom is 0.307 e. The Balaban J connectivity index is 2.52. The van der Waals surface area contributed by atoms with Crippen LogP contribution in [0.2, 0.25) is 0 Å². The van der Waals surface area contributed by atoms with Crippen LogP contribution in [0.3, 0.4) is 0 Å². The number of thiazole rings is 1. The summed E-state index contributed by atoms with van der Waals surface area (Å²) in [7, 11) is 0. The minimum absolute atomic E-state index is 0.0113. The van der Waals surface area contributed by atoms with Crippen molar-refractivity contribution in [2.75, 3.05) is 5.73 Å². The number of hydrogen-bond acceptors (Lipinski definition) is 4. The Labute approximate surface area is 73.4 Å². The standard InChI is InChI=1S/C7H8N2O2S/c8-7-9-5(4-12-7)2-1-3-6(10)11/h1-2,4H,3H2,(H2,8,9)(H,10,11)/b2-1+. The second kappa shape index (κ2) is 3.87. The highest BCUT2D eigenvalue weighted by molar-refractivity contribution is 7.13. The SMILES string of the molecule is Nc1nc(/C=C/CC(=O)O)cs1. The molecule has 0 aliphatic heterocycles. The van der Waals surface area contributed by atoms with E-state index in [2.05, 4.69) is 4.98 Å². The predicted molar refractivity (Wildman–Crippen MR) is 47.8 cm³/mol. The molecule has 64 valence electrons. The summed E-state index contributed by atoms with van der Waals surface area (Å²) in [6.07, 6.45) is 3.19. The van der Waals surface area contributed by atoms with E-state index in [-0.39, 0.29) is 6.42 Å². The first-order valence-electron chi connectivity index (χ1n) is 3.28. The van der Waals surface area contributed by atoms with Gasteiger partial charge in [0.15, 0.2) is 5.13 Å². The molecule has 0 spiro atoms. The lowest BCUT2D eigenvalue weighted by atomic mass is 10.3. The second-order valence-corrected chi connectivity index (χ2v) is 3.00. The molecule has 0 saturated heterocycles. The molecule has 0 aromatic carbocycles. The van der Waals surface area contributed by atoms with Gasteiger partial charge in [-0.25, -0.2) is 4.98 Å². The van der Waals surface area contributed by atoms with Crippen LogP contribution in [-0.4, -0.2) is 16.1 Å². The molecule has 0 aliphatic rings. The quantitative estimate of drug-likeness (QED) is 0.740. The zero-order valence-corrected chi connectivity index (χ0v) is 7.04. The van der Waals surface area contributed by atoms with Gasteiger partial charge < -0.3 is 10.8 Å². The number of nitrogen functional groups attached to an aromatic ring is 1. The lowest BCUT2D eigenvalue weighted by molar-refractivity contribution is -0.135. The number of carboxylic acid groups (broad SMARTS) is 1. The Hall–Kier alpha value is -1.36. The first-order chi connectivity index (χ1) is 5.68. The van der Waals surface area contributed by atoms with Crippen molar-refractivity contribution in [3.05, 3.63) is 17.2 Å². The molecule has 5 heteroatoms. The Morgan fingerprint density at radius 3 is 3.08 bits per heavy atom.